The molecule has 144 valence electrons. The number of pyridine rings is 1. The van der Waals surface area contributed by atoms with Crippen molar-refractivity contribution in [1.29, 1.82) is 0 Å². The van der Waals surface area contributed by atoms with Gasteiger partial charge in [-0.3, -0.25) is 4.98 Å². The molecule has 4 nitrogen and oxygen atoms in total. The average Bonchev–Trinajstić information content (AvgIpc) is 3.18. The van der Waals surface area contributed by atoms with Crippen LogP contribution in [-0.4, -0.2) is 26.1 Å². The number of benzene rings is 1. The fourth-order valence-electron chi connectivity index (χ4n) is 4.16. The topological polar surface area (TPSA) is 33.1 Å². The van der Waals surface area contributed by atoms with Crippen LogP contribution in [0.4, 0.5) is 0 Å². The monoisotopic (exact) mass is 410 g/mol. The number of likely N-dealkylation sites (N-methyl/N-ethyl adjacent to an activating group) is 1. The first-order valence-corrected chi connectivity index (χ1v) is 10.2. The Bertz CT molecular complexity index is 997. The Morgan fingerprint density at radius 2 is 1.89 bits per heavy atom. The van der Waals surface area contributed by atoms with E-state index >= 15 is 0 Å². The van der Waals surface area contributed by atoms with Crippen molar-refractivity contribution in [2.75, 3.05) is 6.54 Å². The van der Waals surface area contributed by atoms with Gasteiger partial charge in [0.1, 0.15) is 0 Å². The Balaban J connectivity index is 1.82. The molecule has 2 aromatic heterocycles. The molecule has 3 aromatic rings. The van der Waals surface area contributed by atoms with Crippen molar-refractivity contribution in [3.63, 3.8) is 0 Å². The van der Waals surface area contributed by atoms with Gasteiger partial charge < -0.3 is 14.8 Å². The highest BCUT2D eigenvalue weighted by Crippen LogP contribution is 2.41. The lowest BCUT2D eigenvalue weighted by Crippen LogP contribution is -2.29. The SMILES string of the molecule is CCN1C(=S)N[C@@H](c2ccccn2)[C@@H]1c1cc(C)n(-c2ccc(Cl)cc2)c1C. The molecule has 1 fully saturated rings. The van der Waals surface area contributed by atoms with E-state index < -0.39 is 0 Å². The summed E-state index contributed by atoms with van der Waals surface area (Å²) in [4.78, 5) is 6.85. The summed E-state index contributed by atoms with van der Waals surface area (Å²) in [5.74, 6) is 0. The second kappa shape index (κ2) is 7.57. The molecule has 0 saturated carbocycles. The zero-order chi connectivity index (χ0) is 19.8. The molecular weight excluding hydrogens is 388 g/mol. The Labute approximate surface area is 176 Å². The van der Waals surface area contributed by atoms with Crippen LogP contribution in [0.25, 0.3) is 5.69 Å². The molecule has 1 aliphatic heterocycles. The molecule has 3 heterocycles. The predicted octanol–water partition coefficient (Wildman–Crippen LogP) is 5.13. The van der Waals surface area contributed by atoms with Crippen LogP contribution in [0.3, 0.4) is 0 Å². The highest BCUT2D eigenvalue weighted by atomic mass is 35.5. The van der Waals surface area contributed by atoms with Crippen molar-refractivity contribution in [3.05, 3.63) is 82.4 Å². The molecule has 0 aliphatic carbocycles. The van der Waals surface area contributed by atoms with Gasteiger partial charge in [-0.05, 0) is 81.0 Å². The van der Waals surface area contributed by atoms with Gasteiger partial charge in [-0.25, -0.2) is 0 Å². The summed E-state index contributed by atoms with van der Waals surface area (Å²) < 4.78 is 2.27. The molecule has 28 heavy (non-hydrogen) atoms. The Hall–Kier alpha value is -2.37. The lowest BCUT2D eigenvalue weighted by molar-refractivity contribution is 0.329. The molecule has 1 aromatic carbocycles. The first kappa shape index (κ1) is 19.0. The Kier molecular flexibility index (Phi) is 5.13. The molecule has 1 saturated heterocycles. The van der Waals surface area contributed by atoms with Gasteiger partial charge in [0.15, 0.2) is 5.11 Å². The number of aromatic nitrogens is 2. The number of thiocarbonyl (C=S) groups is 1. The maximum Gasteiger partial charge on any atom is 0.170 e. The summed E-state index contributed by atoms with van der Waals surface area (Å²) in [6, 6.07) is 16.4. The minimum absolute atomic E-state index is 0.0211. The van der Waals surface area contributed by atoms with E-state index in [4.69, 9.17) is 23.8 Å². The minimum atomic E-state index is 0.0211. The zero-order valence-electron chi connectivity index (χ0n) is 16.2. The number of nitrogens with zero attached hydrogens (tertiary/aromatic N) is 3. The van der Waals surface area contributed by atoms with Crippen molar-refractivity contribution in [1.82, 2.24) is 19.8 Å². The minimum Gasteiger partial charge on any atom is -0.352 e. The van der Waals surface area contributed by atoms with Gasteiger partial charge in [0.05, 0.1) is 17.8 Å². The van der Waals surface area contributed by atoms with Crippen LogP contribution >= 0.6 is 23.8 Å². The number of halogens is 1. The molecule has 0 amide bonds. The molecule has 0 unspecified atom stereocenters. The lowest BCUT2D eigenvalue weighted by atomic mass is 9.97. The third kappa shape index (κ3) is 3.19. The number of hydrogen-bond acceptors (Lipinski definition) is 2. The quantitative estimate of drug-likeness (QED) is 0.604. The highest BCUT2D eigenvalue weighted by molar-refractivity contribution is 7.80. The highest BCUT2D eigenvalue weighted by Gasteiger charge is 2.40. The fourth-order valence-corrected chi connectivity index (χ4v) is 4.65. The molecule has 0 radical (unpaired) electrons. The molecule has 1 N–H and O–H groups in total. The van der Waals surface area contributed by atoms with E-state index in [0.29, 0.717) is 0 Å². The number of aryl methyl sites for hydroxylation is 1. The van der Waals surface area contributed by atoms with Gasteiger partial charge in [-0.15, -0.1) is 0 Å². The van der Waals surface area contributed by atoms with E-state index in [1.807, 2.05) is 30.5 Å². The third-order valence-electron chi connectivity index (χ3n) is 5.41. The molecule has 6 heteroatoms. The van der Waals surface area contributed by atoms with E-state index in [0.717, 1.165) is 28.1 Å². The van der Waals surface area contributed by atoms with Crippen LogP contribution in [0.2, 0.25) is 5.02 Å². The summed E-state index contributed by atoms with van der Waals surface area (Å²) in [7, 11) is 0. The van der Waals surface area contributed by atoms with E-state index in [-0.39, 0.29) is 12.1 Å². The van der Waals surface area contributed by atoms with Crippen LogP contribution in [0.1, 0.15) is 41.7 Å². The van der Waals surface area contributed by atoms with Crippen molar-refractivity contribution >= 4 is 28.9 Å². The van der Waals surface area contributed by atoms with Gasteiger partial charge >= 0.3 is 0 Å². The van der Waals surface area contributed by atoms with Crippen molar-refractivity contribution < 1.29 is 0 Å². The summed E-state index contributed by atoms with van der Waals surface area (Å²) in [5, 5.41) is 5.01. The number of nitrogens with one attached hydrogen (secondary N) is 1. The number of hydrogen-bond donors (Lipinski definition) is 1. The van der Waals surface area contributed by atoms with Crippen LogP contribution in [0.15, 0.2) is 54.7 Å². The standard InChI is InChI=1S/C22H23ClN4S/c1-4-26-21(20(25-22(26)28)19-7-5-6-12-24-19)18-13-14(2)27(15(18)3)17-10-8-16(23)9-11-17/h5-13,20-21H,4H2,1-3H3,(H,25,28)/t20-,21-/m0/s1. The third-order valence-corrected chi connectivity index (χ3v) is 6.02. The average molecular weight is 411 g/mol. The second-order valence-electron chi connectivity index (χ2n) is 7.05. The molecular formula is C22H23ClN4S. The summed E-state index contributed by atoms with van der Waals surface area (Å²) in [6.45, 7) is 7.28. The Morgan fingerprint density at radius 3 is 2.54 bits per heavy atom. The summed E-state index contributed by atoms with van der Waals surface area (Å²) in [5.41, 5.74) is 5.76. The van der Waals surface area contributed by atoms with Crippen molar-refractivity contribution in [2.24, 2.45) is 0 Å². The zero-order valence-corrected chi connectivity index (χ0v) is 17.8. The smallest absolute Gasteiger partial charge is 0.170 e. The number of rotatable bonds is 4. The molecule has 0 spiro atoms. The Morgan fingerprint density at radius 1 is 1.14 bits per heavy atom. The molecule has 0 bridgehead atoms. The van der Waals surface area contributed by atoms with E-state index in [1.54, 1.807) is 0 Å². The van der Waals surface area contributed by atoms with Crippen molar-refractivity contribution in [3.8, 4) is 5.69 Å². The van der Waals surface area contributed by atoms with Gasteiger partial charge in [-0.2, -0.15) is 0 Å². The van der Waals surface area contributed by atoms with Crippen LogP contribution in [-0.2, 0) is 0 Å². The maximum atomic E-state index is 6.08. The van der Waals surface area contributed by atoms with E-state index in [1.165, 1.54) is 17.0 Å². The first-order chi connectivity index (χ1) is 13.5. The predicted molar refractivity (Wildman–Crippen MR) is 118 cm³/mol. The van der Waals surface area contributed by atoms with Gasteiger partial charge in [0.25, 0.3) is 0 Å². The van der Waals surface area contributed by atoms with Crippen LogP contribution < -0.4 is 5.32 Å². The molecule has 2 atom stereocenters. The summed E-state index contributed by atoms with van der Waals surface area (Å²) in [6.07, 6.45) is 1.84. The lowest BCUT2D eigenvalue weighted by Gasteiger charge is -2.27. The largest absolute Gasteiger partial charge is 0.352 e. The molecule has 1 aliphatic rings. The van der Waals surface area contributed by atoms with E-state index in [9.17, 15) is 0 Å². The molecule has 4 rings (SSSR count). The fraction of sp³-hybridized carbons (Fsp3) is 0.273. The van der Waals surface area contributed by atoms with E-state index in [2.05, 4.69) is 64.8 Å². The van der Waals surface area contributed by atoms with Gasteiger partial charge in [0.2, 0.25) is 0 Å². The van der Waals surface area contributed by atoms with Gasteiger partial charge in [0, 0.05) is 34.8 Å². The summed E-state index contributed by atoms with van der Waals surface area (Å²) >= 11 is 11.7. The van der Waals surface area contributed by atoms with Crippen LogP contribution in [0.5, 0.6) is 0 Å². The maximum absolute atomic E-state index is 6.08. The normalized spacial score (nSPS) is 19.1. The first-order valence-electron chi connectivity index (χ1n) is 9.44. The van der Waals surface area contributed by atoms with Crippen molar-refractivity contribution in [2.45, 2.75) is 32.9 Å². The van der Waals surface area contributed by atoms with Crippen LogP contribution in [0, 0.1) is 13.8 Å². The second-order valence-corrected chi connectivity index (χ2v) is 7.87. The van der Waals surface area contributed by atoms with Gasteiger partial charge in [-0.1, -0.05) is 17.7 Å².